The predicted octanol–water partition coefficient (Wildman–Crippen LogP) is 1.78. The first-order valence-electron chi connectivity index (χ1n) is 10.2. The van der Waals surface area contributed by atoms with Crippen LogP contribution in [0.4, 0.5) is 5.95 Å². The second-order valence-corrected chi connectivity index (χ2v) is 8.30. The standard InChI is InChI=1S/C22H21BrN6O5/c1-28-19-18(20(32)26-22(28)33)29(11-15(30)12-34-16-8-6-14(23)7-9-16)21(25-19)27-24-10-13-4-2-3-5-17(13)31/h2-10,15,30-31H,11-12H2,1H3,(H,25,27)(H,26,32,33). The van der Waals surface area contributed by atoms with Gasteiger partial charge in [-0.1, -0.05) is 28.1 Å². The van der Waals surface area contributed by atoms with Crippen LogP contribution < -0.4 is 21.4 Å². The number of phenolic OH excluding ortho intramolecular Hbond substituents is 1. The number of anilines is 1. The van der Waals surface area contributed by atoms with Crippen LogP contribution in [-0.2, 0) is 13.6 Å². The van der Waals surface area contributed by atoms with E-state index in [1.807, 2.05) is 12.1 Å². The molecule has 12 heteroatoms. The number of nitrogens with one attached hydrogen (secondary N) is 2. The van der Waals surface area contributed by atoms with Gasteiger partial charge in [0.1, 0.15) is 24.2 Å². The zero-order valence-corrected chi connectivity index (χ0v) is 19.6. The van der Waals surface area contributed by atoms with Crippen LogP contribution >= 0.6 is 15.9 Å². The maximum Gasteiger partial charge on any atom is 0.329 e. The second-order valence-electron chi connectivity index (χ2n) is 7.38. The minimum atomic E-state index is -1.01. The van der Waals surface area contributed by atoms with Gasteiger partial charge >= 0.3 is 5.69 Å². The van der Waals surface area contributed by atoms with Crippen LogP contribution in [0.1, 0.15) is 5.56 Å². The average Bonchev–Trinajstić information content (AvgIpc) is 3.17. The lowest BCUT2D eigenvalue weighted by Gasteiger charge is -2.15. The predicted molar refractivity (Wildman–Crippen MR) is 131 cm³/mol. The number of aliphatic hydroxyl groups is 1. The third-order valence-corrected chi connectivity index (χ3v) is 5.49. The van der Waals surface area contributed by atoms with Crippen LogP contribution in [0.15, 0.2) is 67.7 Å². The number of aryl methyl sites for hydroxylation is 1. The maximum absolute atomic E-state index is 12.6. The van der Waals surface area contributed by atoms with Crippen molar-refractivity contribution in [3.63, 3.8) is 0 Å². The minimum Gasteiger partial charge on any atom is -0.507 e. The normalized spacial score (nSPS) is 12.3. The molecule has 176 valence electrons. The Bertz CT molecular complexity index is 1460. The summed E-state index contributed by atoms with van der Waals surface area (Å²) in [5.74, 6) is 0.737. The summed E-state index contributed by atoms with van der Waals surface area (Å²) in [5, 5.41) is 24.6. The van der Waals surface area contributed by atoms with Gasteiger partial charge in [-0.2, -0.15) is 10.1 Å². The molecule has 0 aliphatic rings. The molecule has 4 N–H and O–H groups in total. The Morgan fingerprint density at radius 2 is 1.97 bits per heavy atom. The number of fused-ring (bicyclic) bond motifs is 1. The summed E-state index contributed by atoms with van der Waals surface area (Å²) in [5.41, 5.74) is 2.13. The fourth-order valence-electron chi connectivity index (χ4n) is 3.24. The maximum atomic E-state index is 12.6. The Kier molecular flexibility index (Phi) is 6.80. The number of halogens is 1. The second kappa shape index (κ2) is 9.93. The lowest BCUT2D eigenvalue weighted by Crippen LogP contribution is -2.30. The Hall–Kier alpha value is -3.90. The van der Waals surface area contributed by atoms with Gasteiger partial charge in [0, 0.05) is 17.1 Å². The largest absolute Gasteiger partial charge is 0.507 e. The van der Waals surface area contributed by atoms with Crippen molar-refractivity contribution in [2.45, 2.75) is 12.6 Å². The van der Waals surface area contributed by atoms with Gasteiger partial charge in [0.25, 0.3) is 5.56 Å². The summed E-state index contributed by atoms with van der Waals surface area (Å²) < 4.78 is 9.14. The van der Waals surface area contributed by atoms with Crippen molar-refractivity contribution in [2.24, 2.45) is 12.1 Å². The van der Waals surface area contributed by atoms with Crippen molar-refractivity contribution in [1.29, 1.82) is 0 Å². The highest BCUT2D eigenvalue weighted by Crippen LogP contribution is 2.19. The molecule has 0 radical (unpaired) electrons. The fourth-order valence-corrected chi connectivity index (χ4v) is 3.50. The number of rotatable bonds is 8. The molecule has 0 amide bonds. The van der Waals surface area contributed by atoms with Gasteiger partial charge in [-0.05, 0) is 36.4 Å². The lowest BCUT2D eigenvalue weighted by molar-refractivity contribution is 0.0938. The van der Waals surface area contributed by atoms with Gasteiger partial charge in [0.15, 0.2) is 11.2 Å². The quantitative estimate of drug-likeness (QED) is 0.201. The summed E-state index contributed by atoms with van der Waals surface area (Å²) in [6.07, 6.45) is 0.371. The van der Waals surface area contributed by atoms with E-state index in [1.165, 1.54) is 28.5 Å². The third-order valence-electron chi connectivity index (χ3n) is 4.96. The molecule has 2 heterocycles. The average molecular weight is 529 g/mol. The Balaban J connectivity index is 1.62. The minimum absolute atomic E-state index is 0.0425. The number of H-pyrrole nitrogens is 1. The van der Waals surface area contributed by atoms with Crippen LogP contribution in [-0.4, -0.2) is 48.2 Å². The van der Waals surface area contributed by atoms with E-state index >= 15 is 0 Å². The van der Waals surface area contributed by atoms with Crippen LogP contribution in [0.25, 0.3) is 11.2 Å². The molecule has 4 aromatic rings. The van der Waals surface area contributed by atoms with Crippen molar-refractivity contribution < 1.29 is 14.9 Å². The molecule has 0 spiro atoms. The van der Waals surface area contributed by atoms with Crippen LogP contribution in [0.5, 0.6) is 11.5 Å². The monoisotopic (exact) mass is 528 g/mol. The summed E-state index contributed by atoms with van der Waals surface area (Å²) in [4.78, 5) is 31.2. The number of aliphatic hydroxyl groups excluding tert-OH is 1. The summed E-state index contributed by atoms with van der Waals surface area (Å²) in [7, 11) is 1.47. The molecule has 0 fully saturated rings. The van der Waals surface area contributed by atoms with Gasteiger partial charge in [-0.25, -0.2) is 10.2 Å². The van der Waals surface area contributed by atoms with Gasteiger partial charge in [0.05, 0.1) is 12.8 Å². The van der Waals surface area contributed by atoms with Crippen LogP contribution in [0, 0.1) is 0 Å². The van der Waals surface area contributed by atoms with E-state index in [-0.39, 0.29) is 36.0 Å². The third kappa shape index (κ3) is 5.02. The van der Waals surface area contributed by atoms with E-state index in [0.29, 0.717) is 11.3 Å². The number of ether oxygens (including phenoxy) is 1. The smallest absolute Gasteiger partial charge is 0.329 e. The molecule has 2 aromatic carbocycles. The fraction of sp³-hybridized carbons (Fsp3) is 0.182. The van der Waals surface area contributed by atoms with Gasteiger partial charge in [0.2, 0.25) is 5.95 Å². The zero-order valence-electron chi connectivity index (χ0n) is 18.0. The van der Waals surface area contributed by atoms with Crippen LogP contribution in [0.2, 0.25) is 0 Å². The van der Waals surface area contributed by atoms with Gasteiger partial charge < -0.3 is 19.5 Å². The number of hydrogen-bond donors (Lipinski definition) is 4. The van der Waals surface area contributed by atoms with E-state index in [9.17, 15) is 19.8 Å². The number of hydrogen-bond acceptors (Lipinski definition) is 8. The van der Waals surface area contributed by atoms with E-state index < -0.39 is 17.4 Å². The van der Waals surface area contributed by atoms with Crippen molar-refractivity contribution >= 4 is 39.3 Å². The summed E-state index contributed by atoms with van der Waals surface area (Å²) in [6.45, 7) is -0.117. The number of hydrazone groups is 1. The Morgan fingerprint density at radius 3 is 2.71 bits per heavy atom. The number of nitrogens with zero attached hydrogens (tertiary/aromatic N) is 4. The SMILES string of the molecule is Cn1c(=O)[nH]c(=O)c2c1nc(NN=Cc1ccccc1O)n2CC(O)COc1ccc(Br)cc1. The molecule has 0 aliphatic heterocycles. The van der Waals surface area contributed by atoms with Crippen molar-refractivity contribution in [3.05, 3.63) is 79.4 Å². The van der Waals surface area contributed by atoms with E-state index in [1.54, 1.807) is 30.3 Å². The molecule has 1 unspecified atom stereocenters. The molecule has 2 aromatic heterocycles. The number of phenols is 1. The number of aromatic hydroxyl groups is 1. The van der Waals surface area contributed by atoms with E-state index in [0.717, 1.165) is 4.47 Å². The summed E-state index contributed by atoms with van der Waals surface area (Å²) >= 11 is 3.35. The number of benzene rings is 2. The highest BCUT2D eigenvalue weighted by Gasteiger charge is 2.20. The van der Waals surface area contributed by atoms with Gasteiger partial charge in [-0.15, -0.1) is 0 Å². The van der Waals surface area contributed by atoms with Crippen molar-refractivity contribution in [1.82, 2.24) is 19.1 Å². The molecule has 11 nitrogen and oxygen atoms in total. The first-order valence-corrected chi connectivity index (χ1v) is 11.0. The zero-order chi connectivity index (χ0) is 24.2. The first kappa shape index (κ1) is 23.3. The number of imidazole rings is 1. The number of para-hydroxylation sites is 1. The molecule has 4 rings (SSSR count). The molecule has 0 bridgehead atoms. The molecule has 0 saturated heterocycles. The highest BCUT2D eigenvalue weighted by atomic mass is 79.9. The van der Waals surface area contributed by atoms with Crippen molar-refractivity contribution in [3.8, 4) is 11.5 Å². The number of aromatic nitrogens is 4. The lowest BCUT2D eigenvalue weighted by atomic mass is 10.2. The molecule has 0 aliphatic carbocycles. The Labute approximate surface area is 201 Å². The molecule has 1 atom stereocenters. The molecular weight excluding hydrogens is 508 g/mol. The number of aromatic amines is 1. The van der Waals surface area contributed by atoms with Gasteiger partial charge in [-0.3, -0.25) is 14.3 Å². The highest BCUT2D eigenvalue weighted by molar-refractivity contribution is 9.10. The van der Waals surface area contributed by atoms with E-state index in [4.69, 9.17) is 4.74 Å². The topological polar surface area (TPSA) is 147 Å². The van der Waals surface area contributed by atoms with E-state index in [2.05, 4.69) is 36.4 Å². The molecule has 0 saturated carbocycles. The van der Waals surface area contributed by atoms with Crippen LogP contribution in [0.3, 0.4) is 0 Å². The molecular formula is C22H21BrN6O5. The summed E-state index contributed by atoms with van der Waals surface area (Å²) in [6, 6.07) is 13.8. The van der Waals surface area contributed by atoms with Crippen molar-refractivity contribution in [2.75, 3.05) is 12.0 Å². The first-order chi connectivity index (χ1) is 16.3. The molecule has 34 heavy (non-hydrogen) atoms. The Morgan fingerprint density at radius 1 is 1.24 bits per heavy atom.